The van der Waals surface area contributed by atoms with Crippen LogP contribution >= 0.6 is 11.8 Å². The number of carbonyl (C=O) groups is 1. The standard InChI is InChI=1S/C18H24N4O4S2/c1-13-6-8-14(9-7-13)28(24,25)22(2)16-15(12-20-18(21-16)27-4)17(23)19-10-5-11-26-3/h6-9,12H,5,10-11H2,1-4H3,(H,19,23). The zero-order valence-corrected chi connectivity index (χ0v) is 17.9. The quantitative estimate of drug-likeness (QED) is 0.374. The molecule has 1 aromatic carbocycles. The van der Waals surface area contributed by atoms with Gasteiger partial charge >= 0.3 is 0 Å². The maximum atomic E-state index is 13.0. The SMILES string of the molecule is COCCCNC(=O)c1cnc(SC)nc1N(C)S(=O)(=O)c1ccc(C)cc1. The Labute approximate surface area is 169 Å². The molecule has 1 aromatic heterocycles. The van der Waals surface area contributed by atoms with Crippen LogP contribution in [0, 0.1) is 6.92 Å². The number of hydrogen-bond acceptors (Lipinski definition) is 7. The van der Waals surface area contributed by atoms with E-state index in [1.807, 2.05) is 6.92 Å². The third kappa shape index (κ3) is 5.21. The predicted octanol–water partition coefficient (Wildman–Crippen LogP) is 2.10. The molecule has 0 fully saturated rings. The van der Waals surface area contributed by atoms with Crippen LogP contribution in [0.4, 0.5) is 5.82 Å². The minimum absolute atomic E-state index is 0.0316. The minimum Gasteiger partial charge on any atom is -0.385 e. The lowest BCUT2D eigenvalue weighted by Crippen LogP contribution is -2.32. The summed E-state index contributed by atoms with van der Waals surface area (Å²) in [5, 5.41) is 3.11. The Morgan fingerprint density at radius 2 is 1.96 bits per heavy atom. The molecule has 0 aliphatic heterocycles. The first-order valence-corrected chi connectivity index (χ1v) is 11.2. The zero-order valence-electron chi connectivity index (χ0n) is 16.3. The van der Waals surface area contributed by atoms with Gasteiger partial charge < -0.3 is 10.1 Å². The summed E-state index contributed by atoms with van der Waals surface area (Å²) in [5.74, 6) is -0.408. The fraction of sp³-hybridized carbons (Fsp3) is 0.389. The molecule has 10 heteroatoms. The highest BCUT2D eigenvalue weighted by Gasteiger charge is 2.27. The lowest BCUT2D eigenvalue weighted by atomic mass is 10.2. The molecule has 152 valence electrons. The normalized spacial score (nSPS) is 11.3. The van der Waals surface area contributed by atoms with Crippen LogP contribution in [0.3, 0.4) is 0 Å². The Morgan fingerprint density at radius 3 is 2.57 bits per heavy atom. The van der Waals surface area contributed by atoms with Crippen LogP contribution in [0.15, 0.2) is 40.5 Å². The summed E-state index contributed by atoms with van der Waals surface area (Å²) < 4.78 is 32.0. The topological polar surface area (TPSA) is 101 Å². The first-order valence-electron chi connectivity index (χ1n) is 8.55. The van der Waals surface area contributed by atoms with Gasteiger partial charge in [-0.15, -0.1) is 0 Å². The monoisotopic (exact) mass is 424 g/mol. The summed E-state index contributed by atoms with van der Waals surface area (Å²) in [6.45, 7) is 2.78. The van der Waals surface area contributed by atoms with E-state index in [-0.39, 0.29) is 16.3 Å². The third-order valence-corrected chi connectivity index (χ3v) is 6.29. The summed E-state index contributed by atoms with van der Waals surface area (Å²) >= 11 is 1.26. The summed E-state index contributed by atoms with van der Waals surface area (Å²) in [6, 6.07) is 6.50. The highest BCUT2D eigenvalue weighted by Crippen LogP contribution is 2.25. The van der Waals surface area contributed by atoms with E-state index in [1.165, 1.54) is 37.1 Å². The molecule has 2 aromatic rings. The average molecular weight is 425 g/mol. The molecule has 0 radical (unpaired) electrons. The second kappa shape index (κ2) is 9.85. The van der Waals surface area contributed by atoms with E-state index in [4.69, 9.17) is 4.74 Å². The summed E-state index contributed by atoms with van der Waals surface area (Å²) in [6.07, 6.45) is 3.76. The first kappa shape index (κ1) is 22.1. The van der Waals surface area contributed by atoms with Gasteiger partial charge in [-0.1, -0.05) is 29.5 Å². The van der Waals surface area contributed by atoms with Gasteiger partial charge in [0.1, 0.15) is 5.56 Å². The molecule has 0 atom stereocenters. The molecule has 0 aliphatic rings. The van der Waals surface area contributed by atoms with Crippen LogP contribution < -0.4 is 9.62 Å². The smallest absolute Gasteiger partial charge is 0.265 e. The number of methoxy groups -OCH3 is 1. The number of aryl methyl sites for hydroxylation is 1. The van der Waals surface area contributed by atoms with Crippen molar-refractivity contribution in [2.75, 3.05) is 37.9 Å². The molecule has 1 heterocycles. The van der Waals surface area contributed by atoms with E-state index < -0.39 is 15.9 Å². The molecule has 0 saturated carbocycles. The van der Waals surface area contributed by atoms with E-state index in [2.05, 4.69) is 15.3 Å². The average Bonchev–Trinajstić information content (AvgIpc) is 2.70. The van der Waals surface area contributed by atoms with Gasteiger partial charge in [0.15, 0.2) is 11.0 Å². The molecule has 0 saturated heterocycles. The van der Waals surface area contributed by atoms with Crippen molar-refractivity contribution in [3.8, 4) is 0 Å². The number of benzene rings is 1. The van der Waals surface area contributed by atoms with Crippen molar-refractivity contribution in [2.45, 2.75) is 23.4 Å². The van der Waals surface area contributed by atoms with Crippen molar-refractivity contribution in [3.05, 3.63) is 41.6 Å². The van der Waals surface area contributed by atoms with E-state index in [9.17, 15) is 13.2 Å². The lowest BCUT2D eigenvalue weighted by molar-refractivity contribution is 0.0948. The fourth-order valence-corrected chi connectivity index (χ4v) is 3.85. The molecule has 0 aliphatic carbocycles. The number of aromatic nitrogens is 2. The van der Waals surface area contributed by atoms with Gasteiger partial charge in [-0.2, -0.15) is 0 Å². The van der Waals surface area contributed by atoms with Crippen LogP contribution in [0.25, 0.3) is 0 Å². The molecule has 1 N–H and O–H groups in total. The summed E-state index contributed by atoms with van der Waals surface area (Å²) in [7, 11) is -0.924. The number of hydrogen-bond donors (Lipinski definition) is 1. The number of amides is 1. The van der Waals surface area contributed by atoms with Gasteiger partial charge in [0.2, 0.25) is 0 Å². The van der Waals surface area contributed by atoms with Crippen LogP contribution in [0.5, 0.6) is 0 Å². The largest absolute Gasteiger partial charge is 0.385 e. The van der Waals surface area contributed by atoms with Crippen LogP contribution in [-0.2, 0) is 14.8 Å². The number of ether oxygens (including phenoxy) is 1. The maximum absolute atomic E-state index is 13.0. The minimum atomic E-state index is -3.89. The van der Waals surface area contributed by atoms with Gasteiger partial charge in [-0.05, 0) is 31.7 Å². The molecule has 2 rings (SSSR count). The molecule has 28 heavy (non-hydrogen) atoms. The maximum Gasteiger partial charge on any atom is 0.265 e. The predicted molar refractivity (Wildman–Crippen MR) is 109 cm³/mol. The number of rotatable bonds is 9. The molecule has 0 spiro atoms. The van der Waals surface area contributed by atoms with Crippen molar-refractivity contribution in [1.29, 1.82) is 0 Å². The number of nitrogens with zero attached hydrogens (tertiary/aromatic N) is 3. The van der Waals surface area contributed by atoms with Crippen molar-refractivity contribution in [1.82, 2.24) is 15.3 Å². The van der Waals surface area contributed by atoms with Crippen molar-refractivity contribution in [2.24, 2.45) is 0 Å². The molecule has 0 unspecified atom stereocenters. The summed E-state index contributed by atoms with van der Waals surface area (Å²) in [5.41, 5.74) is 1.04. The Bertz CT molecular complexity index is 918. The summed E-state index contributed by atoms with van der Waals surface area (Å²) in [4.78, 5) is 21.1. The van der Waals surface area contributed by atoms with E-state index in [0.29, 0.717) is 24.7 Å². The Balaban J connectivity index is 2.38. The highest BCUT2D eigenvalue weighted by molar-refractivity contribution is 7.98. The Kier molecular flexibility index (Phi) is 7.78. The lowest BCUT2D eigenvalue weighted by Gasteiger charge is -2.21. The van der Waals surface area contributed by atoms with Gasteiger partial charge in [-0.25, -0.2) is 18.4 Å². The number of nitrogens with one attached hydrogen (secondary N) is 1. The second-order valence-corrected chi connectivity index (χ2v) is 8.72. The number of sulfonamides is 1. The Hall–Kier alpha value is -2.17. The van der Waals surface area contributed by atoms with Crippen LogP contribution in [0.1, 0.15) is 22.3 Å². The van der Waals surface area contributed by atoms with Crippen molar-refractivity contribution < 1.29 is 17.9 Å². The van der Waals surface area contributed by atoms with Gasteiger partial charge in [0, 0.05) is 33.5 Å². The van der Waals surface area contributed by atoms with Gasteiger partial charge in [0.25, 0.3) is 15.9 Å². The number of anilines is 1. The fourth-order valence-electron chi connectivity index (χ4n) is 2.35. The zero-order chi connectivity index (χ0) is 20.7. The number of carbonyl (C=O) groups excluding carboxylic acids is 1. The number of thioether (sulfide) groups is 1. The van der Waals surface area contributed by atoms with Crippen molar-refractivity contribution in [3.63, 3.8) is 0 Å². The molecular weight excluding hydrogens is 400 g/mol. The van der Waals surface area contributed by atoms with Crippen LogP contribution in [-0.4, -0.2) is 57.9 Å². The molecular formula is C18H24N4O4S2. The van der Waals surface area contributed by atoms with Gasteiger partial charge in [0.05, 0.1) is 4.90 Å². The van der Waals surface area contributed by atoms with E-state index in [1.54, 1.807) is 25.5 Å². The second-order valence-electron chi connectivity index (χ2n) is 5.98. The van der Waals surface area contributed by atoms with Gasteiger partial charge in [-0.3, -0.25) is 9.10 Å². The first-order chi connectivity index (χ1) is 13.3. The third-order valence-electron chi connectivity index (χ3n) is 3.96. The highest BCUT2D eigenvalue weighted by atomic mass is 32.2. The van der Waals surface area contributed by atoms with E-state index in [0.717, 1.165) is 9.87 Å². The molecule has 8 nitrogen and oxygen atoms in total. The van der Waals surface area contributed by atoms with Crippen LogP contribution in [0.2, 0.25) is 0 Å². The van der Waals surface area contributed by atoms with Crippen molar-refractivity contribution >= 4 is 33.5 Å². The van der Waals surface area contributed by atoms with E-state index >= 15 is 0 Å². The molecule has 0 bridgehead atoms. The Morgan fingerprint density at radius 1 is 1.29 bits per heavy atom. The molecule has 1 amide bonds.